The maximum atomic E-state index is 12.1. The van der Waals surface area contributed by atoms with Crippen molar-refractivity contribution in [3.05, 3.63) is 60.2 Å². The Morgan fingerprint density at radius 3 is 2.48 bits per heavy atom. The molecule has 0 radical (unpaired) electrons. The summed E-state index contributed by atoms with van der Waals surface area (Å²) in [5.41, 5.74) is 2.88. The van der Waals surface area contributed by atoms with Gasteiger partial charge in [0.25, 0.3) is 0 Å². The van der Waals surface area contributed by atoms with E-state index >= 15 is 0 Å². The zero-order valence-corrected chi connectivity index (χ0v) is 15.6. The molecule has 2 aromatic carbocycles. The van der Waals surface area contributed by atoms with Crippen LogP contribution in [0.25, 0.3) is 10.8 Å². The Kier molecular flexibility index (Phi) is 3.95. The summed E-state index contributed by atoms with van der Waals surface area (Å²) in [6.07, 6.45) is 5.38. The molecule has 2 aliphatic rings. The van der Waals surface area contributed by atoms with E-state index in [1.807, 2.05) is 25.1 Å². The fourth-order valence-corrected chi connectivity index (χ4v) is 4.86. The molecule has 2 bridgehead atoms. The van der Waals surface area contributed by atoms with Crippen LogP contribution < -0.4 is 9.47 Å². The summed E-state index contributed by atoms with van der Waals surface area (Å²) in [5.74, 6) is 0.502. The number of rotatable bonds is 4. The minimum Gasteiger partial charge on any atom is -0.422 e. The van der Waals surface area contributed by atoms with Crippen LogP contribution in [0.15, 0.2) is 43.5 Å². The molecule has 4 nitrogen and oxygen atoms in total. The average Bonchev–Trinajstić information content (AvgIpc) is 3.18. The molecule has 4 heteroatoms. The van der Waals surface area contributed by atoms with Crippen LogP contribution in [-0.4, -0.2) is 11.9 Å². The second-order valence-corrected chi connectivity index (χ2v) is 7.70. The van der Waals surface area contributed by atoms with Crippen LogP contribution in [0.4, 0.5) is 0 Å². The first kappa shape index (κ1) is 17.5. The van der Waals surface area contributed by atoms with E-state index in [1.54, 1.807) is 0 Å². The third-order valence-electron chi connectivity index (χ3n) is 5.98. The van der Waals surface area contributed by atoms with E-state index in [4.69, 9.17) is 9.47 Å². The highest BCUT2D eigenvalue weighted by atomic mass is 16.5. The van der Waals surface area contributed by atoms with Crippen molar-refractivity contribution in [2.45, 2.75) is 44.4 Å². The van der Waals surface area contributed by atoms with E-state index in [-0.39, 0.29) is 5.41 Å². The highest BCUT2D eigenvalue weighted by Gasteiger charge is 2.50. The molecule has 1 saturated carbocycles. The van der Waals surface area contributed by atoms with Crippen molar-refractivity contribution in [3.63, 3.8) is 0 Å². The number of fused-ring (bicyclic) bond motifs is 6. The number of carbonyl (C=O) groups is 2. The summed E-state index contributed by atoms with van der Waals surface area (Å²) in [6, 6.07) is 5.80. The zero-order chi connectivity index (χ0) is 19.3. The predicted octanol–water partition coefficient (Wildman–Crippen LogP) is 4.87. The van der Waals surface area contributed by atoms with Crippen molar-refractivity contribution in [2.24, 2.45) is 0 Å². The Bertz CT molecular complexity index is 1020. The van der Waals surface area contributed by atoms with Gasteiger partial charge in [-0.05, 0) is 43.1 Å². The number of hydrogen-bond donors (Lipinski definition) is 0. The van der Waals surface area contributed by atoms with E-state index in [1.165, 1.54) is 12.2 Å². The molecule has 1 fully saturated rings. The van der Waals surface area contributed by atoms with Gasteiger partial charge >= 0.3 is 11.9 Å². The van der Waals surface area contributed by atoms with Crippen LogP contribution in [0.3, 0.4) is 0 Å². The lowest BCUT2D eigenvalue weighted by molar-refractivity contribution is -0.130. The molecule has 2 aliphatic carbocycles. The number of ether oxygens (including phenoxy) is 2. The van der Waals surface area contributed by atoms with Gasteiger partial charge in [-0.3, -0.25) is 0 Å². The van der Waals surface area contributed by atoms with E-state index in [9.17, 15) is 9.59 Å². The lowest BCUT2D eigenvalue weighted by Gasteiger charge is -2.29. The summed E-state index contributed by atoms with van der Waals surface area (Å²) in [7, 11) is 0. The fraction of sp³-hybridized carbons (Fsp3) is 0.304. The van der Waals surface area contributed by atoms with Gasteiger partial charge in [0, 0.05) is 34.1 Å². The van der Waals surface area contributed by atoms with Crippen LogP contribution in [0.5, 0.6) is 11.5 Å². The first-order valence-electron chi connectivity index (χ1n) is 9.17. The Morgan fingerprint density at radius 2 is 1.81 bits per heavy atom. The van der Waals surface area contributed by atoms with Crippen molar-refractivity contribution in [1.29, 1.82) is 0 Å². The third-order valence-corrected chi connectivity index (χ3v) is 5.98. The molecule has 0 aliphatic heterocycles. The van der Waals surface area contributed by atoms with E-state index in [2.05, 4.69) is 20.1 Å². The highest BCUT2D eigenvalue weighted by molar-refractivity contribution is 6.02. The van der Waals surface area contributed by atoms with Crippen LogP contribution in [-0.2, 0) is 15.0 Å². The monoisotopic (exact) mass is 362 g/mol. The summed E-state index contributed by atoms with van der Waals surface area (Å²) in [6.45, 7) is 11.2. The second-order valence-electron chi connectivity index (χ2n) is 7.70. The SMILES string of the molecule is C=CC(=O)Oc1c2c(c(OC(=O)C=C)c3c(C)cccc13)C1CCC2(C)C1. The molecule has 0 aromatic heterocycles. The normalized spacial score (nSPS) is 22.4. The summed E-state index contributed by atoms with van der Waals surface area (Å²) in [5, 5.41) is 1.60. The number of esters is 2. The van der Waals surface area contributed by atoms with Gasteiger partial charge < -0.3 is 9.47 Å². The van der Waals surface area contributed by atoms with Gasteiger partial charge in [0.2, 0.25) is 0 Å². The molecule has 0 heterocycles. The minimum atomic E-state index is -0.484. The molecule has 0 N–H and O–H groups in total. The quantitative estimate of drug-likeness (QED) is 0.442. The van der Waals surface area contributed by atoms with Crippen molar-refractivity contribution in [1.82, 2.24) is 0 Å². The number of benzene rings is 2. The first-order valence-corrected chi connectivity index (χ1v) is 9.17. The topological polar surface area (TPSA) is 52.6 Å². The highest BCUT2D eigenvalue weighted by Crippen LogP contribution is 2.64. The van der Waals surface area contributed by atoms with E-state index in [0.717, 1.165) is 46.7 Å². The van der Waals surface area contributed by atoms with Crippen molar-refractivity contribution in [3.8, 4) is 11.5 Å². The van der Waals surface area contributed by atoms with Gasteiger partial charge in [-0.2, -0.15) is 0 Å². The smallest absolute Gasteiger partial charge is 0.335 e. The number of carbonyl (C=O) groups excluding carboxylic acids is 2. The number of hydrogen-bond acceptors (Lipinski definition) is 4. The van der Waals surface area contributed by atoms with Gasteiger partial charge in [-0.15, -0.1) is 0 Å². The fourth-order valence-electron chi connectivity index (χ4n) is 4.86. The van der Waals surface area contributed by atoms with Gasteiger partial charge in [-0.1, -0.05) is 38.3 Å². The lowest BCUT2D eigenvalue weighted by Crippen LogP contribution is -2.20. The van der Waals surface area contributed by atoms with E-state index in [0.29, 0.717) is 17.4 Å². The van der Waals surface area contributed by atoms with Gasteiger partial charge in [0.1, 0.15) is 11.5 Å². The predicted molar refractivity (Wildman–Crippen MR) is 104 cm³/mol. The van der Waals surface area contributed by atoms with Crippen molar-refractivity contribution in [2.75, 3.05) is 0 Å². The van der Waals surface area contributed by atoms with Crippen LogP contribution in [0.1, 0.15) is 48.8 Å². The number of aryl methyl sites for hydroxylation is 1. The Hall–Kier alpha value is -2.88. The van der Waals surface area contributed by atoms with E-state index < -0.39 is 11.9 Å². The van der Waals surface area contributed by atoms with Crippen LogP contribution in [0, 0.1) is 6.92 Å². The molecule has 2 unspecified atom stereocenters. The molecule has 0 spiro atoms. The summed E-state index contributed by atoms with van der Waals surface area (Å²) in [4.78, 5) is 24.2. The van der Waals surface area contributed by atoms with Crippen molar-refractivity contribution >= 4 is 22.7 Å². The van der Waals surface area contributed by atoms with Crippen LogP contribution >= 0.6 is 0 Å². The average molecular weight is 362 g/mol. The molecular weight excluding hydrogens is 340 g/mol. The lowest BCUT2D eigenvalue weighted by atomic mass is 9.78. The van der Waals surface area contributed by atoms with Gasteiger partial charge in [0.15, 0.2) is 0 Å². The Balaban J connectivity index is 2.12. The van der Waals surface area contributed by atoms with Gasteiger partial charge in [0.05, 0.1) is 0 Å². The molecule has 2 aromatic rings. The molecule has 0 amide bonds. The molecule has 138 valence electrons. The Labute approximate surface area is 158 Å². The zero-order valence-electron chi connectivity index (χ0n) is 15.6. The maximum absolute atomic E-state index is 12.1. The minimum absolute atomic E-state index is 0.0932. The Morgan fingerprint density at radius 1 is 1.15 bits per heavy atom. The standard InChI is InChI=1S/C23H22O4/c1-5-16(24)26-21-15-9-7-8-13(3)18(15)22(27-17(25)6-2)19-14-10-11-23(4,12-14)20(19)21/h5-9,14H,1-2,10-12H2,3-4H3. The second kappa shape index (κ2) is 6.08. The summed E-state index contributed by atoms with van der Waals surface area (Å²) < 4.78 is 11.5. The summed E-state index contributed by atoms with van der Waals surface area (Å²) >= 11 is 0. The third kappa shape index (κ3) is 2.51. The molecule has 0 saturated heterocycles. The van der Waals surface area contributed by atoms with Crippen molar-refractivity contribution < 1.29 is 19.1 Å². The van der Waals surface area contributed by atoms with Gasteiger partial charge in [-0.25, -0.2) is 9.59 Å². The molecule has 4 rings (SSSR count). The molecular formula is C23H22O4. The first-order chi connectivity index (χ1) is 12.9. The molecule has 2 atom stereocenters. The maximum Gasteiger partial charge on any atom is 0.335 e. The van der Waals surface area contributed by atoms with Crippen LogP contribution in [0.2, 0.25) is 0 Å². The molecule has 27 heavy (non-hydrogen) atoms. The largest absolute Gasteiger partial charge is 0.422 e.